The van der Waals surface area contributed by atoms with Gasteiger partial charge < -0.3 is 10.0 Å². The predicted octanol–water partition coefficient (Wildman–Crippen LogP) is 2.69. The number of aromatic nitrogens is 3. The van der Waals surface area contributed by atoms with Crippen LogP contribution in [0.5, 0.6) is 0 Å². The third-order valence-electron chi connectivity index (χ3n) is 4.89. The Kier molecular flexibility index (Phi) is 7.11. The Hall–Kier alpha value is -3.95. The number of carboxylic acids is 1. The van der Waals surface area contributed by atoms with Gasteiger partial charge in [-0.3, -0.25) is 14.5 Å². The fraction of sp³-hybridized carbons (Fsp3) is 0.350. The number of carbonyl (C=O) groups is 3. The van der Waals surface area contributed by atoms with Gasteiger partial charge in [-0.15, -0.1) is 5.10 Å². The largest absolute Gasteiger partial charge is 0.480 e. The molecule has 1 aromatic heterocycles. The third-order valence-corrected chi connectivity index (χ3v) is 4.89. The van der Waals surface area contributed by atoms with Crippen molar-refractivity contribution in [2.75, 3.05) is 33.7 Å². The van der Waals surface area contributed by atoms with Crippen LogP contribution in [0.3, 0.4) is 0 Å². The normalized spacial score (nSPS) is 16.1. The minimum Gasteiger partial charge on any atom is -0.480 e. The number of alkyl halides is 6. The number of urea groups is 1. The maximum Gasteiger partial charge on any atom is 0.416 e. The predicted molar refractivity (Wildman–Crippen MR) is 110 cm³/mol. The van der Waals surface area contributed by atoms with Crippen LogP contribution in [0.25, 0.3) is 17.6 Å². The first-order valence-electron chi connectivity index (χ1n) is 10.0. The van der Waals surface area contributed by atoms with Crippen molar-refractivity contribution in [2.24, 2.45) is 0 Å². The summed E-state index contributed by atoms with van der Waals surface area (Å²) in [6, 6.07) is -0.0528. The van der Waals surface area contributed by atoms with E-state index in [1.165, 1.54) is 0 Å². The van der Waals surface area contributed by atoms with Gasteiger partial charge in [-0.25, -0.2) is 19.4 Å². The highest BCUT2D eigenvalue weighted by atomic mass is 19.4. The standard InChI is InChI=1S/C20H18F6N6O4/c1-29(2)3-4-31-14(17(35)32(18(31)36)9-15(33)34)8-30-10-27-16(28-30)11-5-12(19(21,22)23)7-13(6-11)20(24,25)26/h5-8,10H,3-4,9H2,1-2H3,(H,33,34). The lowest BCUT2D eigenvalue weighted by atomic mass is 10.0. The molecule has 0 bridgehead atoms. The number of hydrogen-bond acceptors (Lipinski definition) is 6. The van der Waals surface area contributed by atoms with Crippen molar-refractivity contribution in [1.82, 2.24) is 29.5 Å². The number of imide groups is 1. The number of likely N-dealkylation sites (N-methyl/N-ethyl adjacent to an activating group) is 1. The maximum absolute atomic E-state index is 13.2. The van der Waals surface area contributed by atoms with Gasteiger partial charge in [-0.1, -0.05) is 0 Å². The number of rotatable bonds is 7. The van der Waals surface area contributed by atoms with Gasteiger partial charge in [-0.2, -0.15) is 26.3 Å². The molecule has 0 radical (unpaired) electrons. The molecule has 2 aromatic rings. The Morgan fingerprint density at radius 1 is 1.03 bits per heavy atom. The van der Waals surface area contributed by atoms with Crippen LogP contribution in [0.1, 0.15) is 11.1 Å². The molecule has 3 rings (SSSR count). The molecule has 10 nitrogen and oxygen atoms in total. The summed E-state index contributed by atoms with van der Waals surface area (Å²) < 4.78 is 79.8. The van der Waals surface area contributed by atoms with Crippen LogP contribution in [0, 0.1) is 0 Å². The minimum atomic E-state index is -5.07. The molecule has 1 aliphatic rings. The SMILES string of the molecule is CN(C)CCN1C(=O)N(CC(=O)O)C(=O)C1=Cn1cnc(-c2cc(C(F)(F)F)cc(C(F)(F)F)c2)n1. The van der Waals surface area contributed by atoms with E-state index in [0.29, 0.717) is 17.0 Å². The topological polar surface area (TPSA) is 112 Å². The zero-order valence-corrected chi connectivity index (χ0v) is 18.6. The zero-order valence-electron chi connectivity index (χ0n) is 18.6. The van der Waals surface area contributed by atoms with Gasteiger partial charge in [0.25, 0.3) is 5.91 Å². The Morgan fingerprint density at radius 3 is 2.11 bits per heavy atom. The van der Waals surface area contributed by atoms with E-state index in [1.54, 1.807) is 19.0 Å². The number of hydrogen-bond donors (Lipinski definition) is 1. The molecule has 2 heterocycles. The number of nitrogens with zero attached hydrogens (tertiary/aromatic N) is 6. The maximum atomic E-state index is 13.2. The van der Waals surface area contributed by atoms with Crippen molar-refractivity contribution in [3.8, 4) is 11.4 Å². The Labute approximate surface area is 199 Å². The van der Waals surface area contributed by atoms with Crippen LogP contribution < -0.4 is 0 Å². The number of carboxylic acid groups (broad SMARTS) is 1. The van der Waals surface area contributed by atoms with Gasteiger partial charge in [0.05, 0.1) is 17.3 Å². The number of benzene rings is 1. The number of halogens is 6. The molecule has 0 spiro atoms. The van der Waals surface area contributed by atoms with Crippen LogP contribution in [-0.4, -0.2) is 86.2 Å². The lowest BCUT2D eigenvalue weighted by molar-refractivity contribution is -0.143. The first-order valence-corrected chi connectivity index (χ1v) is 10.0. The summed E-state index contributed by atoms with van der Waals surface area (Å²) in [5, 5.41) is 12.8. The van der Waals surface area contributed by atoms with Crippen molar-refractivity contribution in [3.63, 3.8) is 0 Å². The molecular formula is C20H18F6N6O4. The van der Waals surface area contributed by atoms with E-state index < -0.39 is 59.3 Å². The Morgan fingerprint density at radius 2 is 1.61 bits per heavy atom. The molecule has 1 fully saturated rings. The first-order chi connectivity index (χ1) is 16.6. The van der Waals surface area contributed by atoms with Crippen molar-refractivity contribution in [1.29, 1.82) is 0 Å². The molecule has 0 saturated carbocycles. The van der Waals surface area contributed by atoms with Gasteiger partial charge in [0.1, 0.15) is 18.6 Å². The van der Waals surface area contributed by atoms with Crippen molar-refractivity contribution in [3.05, 3.63) is 41.4 Å². The van der Waals surface area contributed by atoms with E-state index in [-0.39, 0.29) is 24.9 Å². The van der Waals surface area contributed by atoms with Crippen molar-refractivity contribution >= 4 is 24.1 Å². The number of carbonyl (C=O) groups excluding carboxylic acids is 2. The molecule has 3 amide bonds. The first kappa shape index (κ1) is 26.7. The third kappa shape index (κ3) is 5.81. The summed E-state index contributed by atoms with van der Waals surface area (Å²) in [5.74, 6) is -2.93. The van der Waals surface area contributed by atoms with Crippen LogP contribution >= 0.6 is 0 Å². The molecule has 36 heavy (non-hydrogen) atoms. The molecular weight excluding hydrogens is 502 g/mol. The smallest absolute Gasteiger partial charge is 0.416 e. The average molecular weight is 520 g/mol. The summed E-state index contributed by atoms with van der Waals surface area (Å²) >= 11 is 0. The van der Waals surface area contributed by atoms with Crippen molar-refractivity contribution < 1.29 is 45.8 Å². The van der Waals surface area contributed by atoms with E-state index >= 15 is 0 Å². The molecule has 194 valence electrons. The summed E-state index contributed by atoms with van der Waals surface area (Å²) in [5.41, 5.74) is -4.00. The van der Waals surface area contributed by atoms with Gasteiger partial charge in [0, 0.05) is 18.7 Å². The second-order valence-corrected chi connectivity index (χ2v) is 7.88. The molecule has 1 N–H and O–H groups in total. The van der Waals surface area contributed by atoms with E-state index in [4.69, 9.17) is 5.11 Å². The summed E-state index contributed by atoms with van der Waals surface area (Å²) in [4.78, 5) is 43.2. The molecule has 1 aromatic carbocycles. The Bertz CT molecular complexity index is 1190. The zero-order chi connectivity index (χ0) is 27.0. The molecule has 16 heteroatoms. The van der Waals surface area contributed by atoms with E-state index in [9.17, 15) is 40.7 Å². The summed E-state index contributed by atoms with van der Waals surface area (Å²) in [6.07, 6.45) is -8.25. The van der Waals surface area contributed by atoms with Crippen LogP contribution in [0.15, 0.2) is 30.2 Å². The highest BCUT2D eigenvalue weighted by molar-refractivity contribution is 6.14. The van der Waals surface area contributed by atoms with Crippen molar-refractivity contribution in [2.45, 2.75) is 12.4 Å². The quantitative estimate of drug-likeness (QED) is 0.340. The lowest BCUT2D eigenvalue weighted by Gasteiger charge is -2.18. The molecule has 1 saturated heterocycles. The second kappa shape index (κ2) is 9.60. The van der Waals surface area contributed by atoms with Gasteiger partial charge >= 0.3 is 24.4 Å². The summed E-state index contributed by atoms with van der Waals surface area (Å²) in [6.45, 7) is -0.658. The number of amides is 3. The number of aliphatic carboxylic acids is 1. The van der Waals surface area contributed by atoms with Gasteiger partial charge in [0.2, 0.25) is 0 Å². The van der Waals surface area contributed by atoms with Crippen LogP contribution in [-0.2, 0) is 21.9 Å². The van der Waals surface area contributed by atoms with E-state index in [2.05, 4.69) is 10.1 Å². The molecule has 0 unspecified atom stereocenters. The summed E-state index contributed by atoms with van der Waals surface area (Å²) in [7, 11) is 3.38. The van der Waals surface area contributed by atoms with Crippen LogP contribution in [0.2, 0.25) is 0 Å². The fourth-order valence-electron chi connectivity index (χ4n) is 3.18. The average Bonchev–Trinajstić information content (AvgIpc) is 3.30. The highest BCUT2D eigenvalue weighted by Crippen LogP contribution is 2.38. The molecule has 1 aliphatic heterocycles. The van der Waals surface area contributed by atoms with Gasteiger partial charge in [-0.05, 0) is 32.3 Å². The molecule has 0 aliphatic carbocycles. The highest BCUT2D eigenvalue weighted by Gasteiger charge is 2.42. The van der Waals surface area contributed by atoms with E-state index in [1.807, 2.05) is 0 Å². The monoisotopic (exact) mass is 520 g/mol. The second-order valence-electron chi connectivity index (χ2n) is 7.88. The Balaban J connectivity index is 2.02. The fourth-order valence-corrected chi connectivity index (χ4v) is 3.18. The lowest BCUT2D eigenvalue weighted by Crippen LogP contribution is -2.38. The van der Waals surface area contributed by atoms with E-state index in [0.717, 1.165) is 22.1 Å². The van der Waals surface area contributed by atoms with Crippen LogP contribution in [0.4, 0.5) is 31.1 Å². The minimum absolute atomic E-state index is 0.0242. The molecule has 0 atom stereocenters. The van der Waals surface area contributed by atoms with Gasteiger partial charge in [0.15, 0.2) is 5.82 Å².